The van der Waals surface area contributed by atoms with Gasteiger partial charge in [-0.25, -0.2) is 13.4 Å². The second kappa shape index (κ2) is 6.68. The SMILES string of the molecule is C[C@@H](NC(=O)c1ccc(CS(C)(=O)=O)cc1)c1nc2ccccc2[nH]1. The van der Waals surface area contributed by atoms with Crippen LogP contribution in [0.2, 0.25) is 0 Å². The number of imidazole rings is 1. The molecule has 1 amide bonds. The average Bonchev–Trinajstić information content (AvgIpc) is 2.98. The number of carbonyl (C=O) groups is 1. The normalized spacial score (nSPS) is 12.9. The summed E-state index contributed by atoms with van der Waals surface area (Å²) in [6, 6.07) is 14.0. The van der Waals surface area contributed by atoms with Crippen molar-refractivity contribution in [2.75, 3.05) is 6.26 Å². The van der Waals surface area contributed by atoms with Crippen molar-refractivity contribution >= 4 is 26.8 Å². The minimum absolute atomic E-state index is 0.0374. The maximum atomic E-state index is 12.4. The molecule has 0 spiro atoms. The first kappa shape index (κ1) is 17.2. The maximum absolute atomic E-state index is 12.4. The van der Waals surface area contributed by atoms with Gasteiger partial charge in [0, 0.05) is 11.8 Å². The van der Waals surface area contributed by atoms with Crippen molar-refractivity contribution in [2.45, 2.75) is 18.7 Å². The van der Waals surface area contributed by atoms with Crippen LogP contribution in [0.5, 0.6) is 0 Å². The molecule has 0 bridgehead atoms. The molecule has 0 aliphatic rings. The fourth-order valence-electron chi connectivity index (χ4n) is 2.58. The molecule has 0 unspecified atom stereocenters. The Morgan fingerprint density at radius 1 is 1.16 bits per heavy atom. The van der Waals surface area contributed by atoms with Crippen molar-refractivity contribution in [3.8, 4) is 0 Å². The van der Waals surface area contributed by atoms with Crippen LogP contribution < -0.4 is 5.32 Å². The molecule has 1 heterocycles. The number of carbonyl (C=O) groups excluding carboxylic acids is 1. The van der Waals surface area contributed by atoms with Crippen molar-refractivity contribution in [2.24, 2.45) is 0 Å². The number of hydrogen-bond donors (Lipinski definition) is 2. The lowest BCUT2D eigenvalue weighted by Gasteiger charge is -2.11. The van der Waals surface area contributed by atoms with E-state index in [1.165, 1.54) is 6.26 Å². The van der Waals surface area contributed by atoms with Crippen molar-refractivity contribution < 1.29 is 13.2 Å². The second-order valence-electron chi connectivity index (χ2n) is 6.10. The predicted octanol–water partition coefficient (Wildman–Crippen LogP) is 2.60. The Kier molecular flexibility index (Phi) is 4.59. The van der Waals surface area contributed by atoms with E-state index in [1.807, 2.05) is 31.2 Å². The third-order valence-electron chi connectivity index (χ3n) is 3.81. The second-order valence-corrected chi connectivity index (χ2v) is 8.24. The molecule has 3 aromatic rings. The number of sulfone groups is 1. The Morgan fingerprint density at radius 2 is 1.84 bits per heavy atom. The van der Waals surface area contributed by atoms with Crippen LogP contribution in [0.3, 0.4) is 0 Å². The van der Waals surface area contributed by atoms with E-state index < -0.39 is 9.84 Å². The molecule has 0 fully saturated rings. The summed E-state index contributed by atoms with van der Waals surface area (Å²) in [5.41, 5.74) is 2.90. The van der Waals surface area contributed by atoms with E-state index in [1.54, 1.807) is 24.3 Å². The molecule has 2 aromatic carbocycles. The topological polar surface area (TPSA) is 91.9 Å². The molecule has 2 N–H and O–H groups in total. The molecule has 7 heteroatoms. The lowest BCUT2D eigenvalue weighted by atomic mass is 10.1. The highest BCUT2D eigenvalue weighted by Gasteiger charge is 2.15. The Hall–Kier alpha value is -2.67. The molecule has 3 rings (SSSR count). The summed E-state index contributed by atoms with van der Waals surface area (Å²) < 4.78 is 22.6. The molecular formula is C18H19N3O3S. The first-order chi connectivity index (χ1) is 11.8. The Balaban J connectivity index is 1.70. The molecule has 130 valence electrons. The van der Waals surface area contributed by atoms with Crippen LogP contribution in [0, 0.1) is 0 Å². The third kappa shape index (κ3) is 4.24. The minimum Gasteiger partial charge on any atom is -0.342 e. The van der Waals surface area contributed by atoms with Gasteiger partial charge in [-0.05, 0) is 36.8 Å². The number of benzene rings is 2. The zero-order valence-corrected chi connectivity index (χ0v) is 14.8. The van der Waals surface area contributed by atoms with E-state index in [0.717, 1.165) is 11.0 Å². The van der Waals surface area contributed by atoms with E-state index in [4.69, 9.17) is 0 Å². The molecule has 0 aliphatic heterocycles. The number of H-pyrrole nitrogens is 1. The van der Waals surface area contributed by atoms with Gasteiger partial charge in [0.1, 0.15) is 5.82 Å². The molecule has 0 aliphatic carbocycles. The van der Waals surface area contributed by atoms with Crippen molar-refractivity contribution in [3.63, 3.8) is 0 Å². The number of nitrogens with one attached hydrogen (secondary N) is 2. The van der Waals surface area contributed by atoms with E-state index in [0.29, 0.717) is 17.0 Å². The van der Waals surface area contributed by atoms with Gasteiger partial charge in [0.05, 0.1) is 22.8 Å². The number of nitrogens with zero attached hydrogens (tertiary/aromatic N) is 1. The van der Waals surface area contributed by atoms with Gasteiger partial charge in [-0.2, -0.15) is 0 Å². The number of amides is 1. The van der Waals surface area contributed by atoms with E-state index >= 15 is 0 Å². The summed E-state index contributed by atoms with van der Waals surface area (Å²) in [5.74, 6) is 0.409. The van der Waals surface area contributed by atoms with Crippen molar-refractivity contribution in [1.29, 1.82) is 0 Å². The smallest absolute Gasteiger partial charge is 0.251 e. The van der Waals surface area contributed by atoms with Crippen molar-refractivity contribution in [3.05, 3.63) is 65.5 Å². The molecule has 6 nitrogen and oxygen atoms in total. The van der Waals surface area contributed by atoms with Crippen LogP contribution in [0.1, 0.15) is 34.7 Å². The average molecular weight is 357 g/mol. The maximum Gasteiger partial charge on any atom is 0.251 e. The molecule has 1 aromatic heterocycles. The fraction of sp³-hybridized carbons (Fsp3) is 0.222. The van der Waals surface area contributed by atoms with Crippen molar-refractivity contribution in [1.82, 2.24) is 15.3 Å². The Labute approximate surface area is 146 Å². The highest BCUT2D eigenvalue weighted by Crippen LogP contribution is 2.16. The van der Waals surface area contributed by atoms with Crippen LogP contribution in [0.4, 0.5) is 0 Å². The minimum atomic E-state index is -3.09. The fourth-order valence-corrected chi connectivity index (χ4v) is 3.38. The molecule has 0 radical (unpaired) electrons. The summed E-state index contributed by atoms with van der Waals surface area (Å²) >= 11 is 0. The van der Waals surface area contributed by atoms with E-state index in [9.17, 15) is 13.2 Å². The van der Waals surface area contributed by atoms with Crippen LogP contribution >= 0.6 is 0 Å². The molecule has 0 saturated heterocycles. The first-order valence-electron chi connectivity index (χ1n) is 7.84. The van der Waals surface area contributed by atoms with Crippen LogP contribution in [0.25, 0.3) is 11.0 Å². The lowest BCUT2D eigenvalue weighted by Crippen LogP contribution is -2.27. The van der Waals surface area contributed by atoms with Gasteiger partial charge < -0.3 is 10.3 Å². The van der Waals surface area contributed by atoms with Crippen LogP contribution in [0.15, 0.2) is 48.5 Å². The summed E-state index contributed by atoms with van der Waals surface area (Å²) in [5, 5.41) is 2.89. The summed E-state index contributed by atoms with van der Waals surface area (Å²) in [6.07, 6.45) is 1.18. The van der Waals surface area contributed by atoms with Gasteiger partial charge in [0.25, 0.3) is 5.91 Å². The summed E-state index contributed by atoms with van der Waals surface area (Å²) in [7, 11) is -3.09. The van der Waals surface area contributed by atoms with E-state index in [2.05, 4.69) is 15.3 Å². The lowest BCUT2D eigenvalue weighted by molar-refractivity contribution is 0.0938. The molecule has 0 saturated carbocycles. The highest BCUT2D eigenvalue weighted by molar-refractivity contribution is 7.89. The van der Waals surface area contributed by atoms with Gasteiger partial charge in [-0.1, -0.05) is 24.3 Å². The first-order valence-corrected chi connectivity index (χ1v) is 9.90. The Morgan fingerprint density at radius 3 is 2.48 bits per heavy atom. The van der Waals surface area contributed by atoms with E-state index in [-0.39, 0.29) is 17.7 Å². The molecule has 25 heavy (non-hydrogen) atoms. The van der Waals surface area contributed by atoms with Crippen LogP contribution in [-0.4, -0.2) is 30.5 Å². The van der Waals surface area contributed by atoms with Gasteiger partial charge >= 0.3 is 0 Å². The van der Waals surface area contributed by atoms with Gasteiger partial charge in [-0.3, -0.25) is 4.79 Å². The highest BCUT2D eigenvalue weighted by atomic mass is 32.2. The summed E-state index contributed by atoms with van der Waals surface area (Å²) in [6.45, 7) is 1.85. The molecule has 1 atom stereocenters. The standard InChI is InChI=1S/C18H19N3O3S/c1-12(17-20-15-5-3-4-6-16(15)21-17)19-18(22)14-9-7-13(8-10-14)11-25(2,23)24/h3-10,12H,11H2,1-2H3,(H,19,22)(H,20,21)/t12-/m1/s1. The quantitative estimate of drug-likeness (QED) is 0.734. The number of rotatable bonds is 5. The Bertz CT molecular complexity index is 974. The predicted molar refractivity (Wildman–Crippen MR) is 97.0 cm³/mol. The monoisotopic (exact) mass is 357 g/mol. The summed E-state index contributed by atoms with van der Waals surface area (Å²) in [4.78, 5) is 20.0. The third-order valence-corrected chi connectivity index (χ3v) is 4.67. The molecular weight excluding hydrogens is 338 g/mol. The van der Waals surface area contributed by atoms with Gasteiger partial charge in [0.15, 0.2) is 9.84 Å². The number of aromatic nitrogens is 2. The number of hydrogen-bond acceptors (Lipinski definition) is 4. The number of para-hydroxylation sites is 2. The van der Waals surface area contributed by atoms with Gasteiger partial charge in [0.2, 0.25) is 0 Å². The zero-order chi connectivity index (χ0) is 18.0. The largest absolute Gasteiger partial charge is 0.342 e. The van der Waals surface area contributed by atoms with Crippen LogP contribution in [-0.2, 0) is 15.6 Å². The van der Waals surface area contributed by atoms with Gasteiger partial charge in [-0.15, -0.1) is 0 Å². The number of aromatic amines is 1. The number of fused-ring (bicyclic) bond motifs is 1. The zero-order valence-electron chi connectivity index (χ0n) is 14.0.